The third-order valence-electron chi connectivity index (χ3n) is 6.10. The van der Waals surface area contributed by atoms with Crippen molar-refractivity contribution in [1.29, 1.82) is 0 Å². The summed E-state index contributed by atoms with van der Waals surface area (Å²) in [6.07, 6.45) is 4.34. The molecule has 0 unspecified atom stereocenters. The molecule has 0 saturated carbocycles. The van der Waals surface area contributed by atoms with E-state index >= 15 is 0 Å². The number of imidazole rings is 1. The fourth-order valence-corrected chi connectivity index (χ4v) is 4.59. The summed E-state index contributed by atoms with van der Waals surface area (Å²) >= 11 is 6.00. The quantitative estimate of drug-likeness (QED) is 0.257. The number of halogens is 3. The number of hydrogen-bond donors (Lipinski definition) is 1. The Bertz CT molecular complexity index is 1410. The van der Waals surface area contributed by atoms with E-state index in [1.165, 1.54) is 0 Å². The second-order valence-electron chi connectivity index (χ2n) is 8.71. The van der Waals surface area contributed by atoms with E-state index in [4.69, 9.17) is 21.6 Å². The van der Waals surface area contributed by atoms with Gasteiger partial charge in [0.15, 0.2) is 0 Å². The van der Waals surface area contributed by atoms with E-state index in [0.29, 0.717) is 23.3 Å². The molecule has 1 aromatic carbocycles. The standard InChI is InChI=1S/C25H24ClF2N6.Na/c1-4-19-20(5-6-21(26)31-19)29-13-17-11-15(2)12-18-22(17)32-24(34-14-16(3)30-23(18)34)33-9-7-25(27,28)8-10-33;/h5-6,11-12,14,29H,1,7-10,13H2,2-3H3;/q-1;+1. The molecule has 1 saturated heterocycles. The summed E-state index contributed by atoms with van der Waals surface area (Å²) in [5.41, 5.74) is 5.74. The van der Waals surface area contributed by atoms with E-state index in [2.05, 4.69) is 35.1 Å². The van der Waals surface area contributed by atoms with Gasteiger partial charge in [-0.3, -0.25) is 9.38 Å². The van der Waals surface area contributed by atoms with Gasteiger partial charge in [0, 0.05) is 44.1 Å². The molecule has 4 heterocycles. The van der Waals surface area contributed by atoms with Gasteiger partial charge in [0.25, 0.3) is 5.92 Å². The van der Waals surface area contributed by atoms with Gasteiger partial charge in [0.2, 0.25) is 5.95 Å². The molecule has 176 valence electrons. The number of anilines is 2. The number of pyridine rings is 1. The van der Waals surface area contributed by atoms with Crippen LogP contribution in [-0.4, -0.2) is 38.4 Å². The monoisotopic (exact) mass is 504 g/mol. The van der Waals surface area contributed by atoms with Crippen LogP contribution < -0.4 is 39.8 Å². The number of fused-ring (bicyclic) bond motifs is 3. The Morgan fingerprint density at radius 1 is 1.14 bits per heavy atom. The Labute approximate surface area is 229 Å². The first-order chi connectivity index (χ1) is 16.2. The van der Waals surface area contributed by atoms with E-state index in [0.717, 1.165) is 39.1 Å². The second kappa shape index (κ2) is 10.0. The molecule has 0 bridgehead atoms. The maximum atomic E-state index is 13.8. The number of nitrogens with one attached hydrogen (secondary N) is 1. The van der Waals surface area contributed by atoms with Gasteiger partial charge in [0.1, 0.15) is 10.8 Å². The molecule has 0 amide bonds. The summed E-state index contributed by atoms with van der Waals surface area (Å²) in [7, 11) is 0. The maximum absolute atomic E-state index is 13.8. The van der Waals surface area contributed by atoms with Crippen molar-refractivity contribution in [2.24, 2.45) is 0 Å². The van der Waals surface area contributed by atoms with Crippen LogP contribution >= 0.6 is 11.6 Å². The Balaban J connectivity index is 0.00000289. The van der Waals surface area contributed by atoms with Crippen LogP contribution in [0, 0.1) is 19.9 Å². The third-order valence-corrected chi connectivity index (χ3v) is 6.31. The SMILES string of the molecule is C=[C-]c1nc(Cl)ccc1NCc1cc(C)cc2c1nc(N1CCC(F)(F)CC1)n1cc(C)nc21.[Na+]. The summed E-state index contributed by atoms with van der Waals surface area (Å²) in [5, 5.41) is 4.67. The zero-order chi connectivity index (χ0) is 24.0. The van der Waals surface area contributed by atoms with Gasteiger partial charge < -0.3 is 10.2 Å². The van der Waals surface area contributed by atoms with Crippen molar-refractivity contribution in [3.8, 4) is 0 Å². The topological polar surface area (TPSA) is 58.4 Å². The average Bonchev–Trinajstić information content (AvgIpc) is 3.19. The van der Waals surface area contributed by atoms with Gasteiger partial charge in [-0.2, -0.15) is 6.58 Å². The number of benzene rings is 1. The number of nitrogens with zero attached hydrogens (tertiary/aromatic N) is 5. The molecular formula is C25H24ClF2N6Na. The van der Waals surface area contributed by atoms with Crippen molar-refractivity contribution in [3.63, 3.8) is 0 Å². The summed E-state index contributed by atoms with van der Waals surface area (Å²) in [4.78, 5) is 15.9. The molecule has 1 aliphatic heterocycles. The molecule has 35 heavy (non-hydrogen) atoms. The molecule has 1 aliphatic rings. The number of piperidine rings is 1. The molecular weight excluding hydrogens is 481 g/mol. The van der Waals surface area contributed by atoms with Crippen LogP contribution in [0.5, 0.6) is 0 Å². The largest absolute Gasteiger partial charge is 1.00 e. The van der Waals surface area contributed by atoms with Crippen LogP contribution in [-0.2, 0) is 6.54 Å². The van der Waals surface area contributed by atoms with E-state index in [-0.39, 0.29) is 55.5 Å². The van der Waals surface area contributed by atoms with Crippen molar-refractivity contribution in [2.75, 3.05) is 23.3 Å². The number of aryl methyl sites for hydroxylation is 2. The van der Waals surface area contributed by atoms with Crippen molar-refractivity contribution in [2.45, 2.75) is 39.2 Å². The van der Waals surface area contributed by atoms with Crippen LogP contribution in [0.25, 0.3) is 16.6 Å². The van der Waals surface area contributed by atoms with Crippen molar-refractivity contribution in [3.05, 3.63) is 70.8 Å². The van der Waals surface area contributed by atoms with Crippen LogP contribution in [0.1, 0.15) is 35.4 Å². The first-order valence-corrected chi connectivity index (χ1v) is 11.5. The zero-order valence-electron chi connectivity index (χ0n) is 20.0. The summed E-state index contributed by atoms with van der Waals surface area (Å²) in [6.45, 7) is 8.60. The Morgan fingerprint density at radius 2 is 1.89 bits per heavy atom. The van der Waals surface area contributed by atoms with E-state index in [9.17, 15) is 8.78 Å². The van der Waals surface area contributed by atoms with Crippen molar-refractivity contribution >= 4 is 39.8 Å². The van der Waals surface area contributed by atoms with E-state index in [1.807, 2.05) is 35.4 Å². The molecule has 4 aromatic rings. The van der Waals surface area contributed by atoms with Crippen LogP contribution in [0.15, 0.2) is 37.0 Å². The minimum atomic E-state index is -2.63. The van der Waals surface area contributed by atoms with Gasteiger partial charge in [-0.1, -0.05) is 29.0 Å². The van der Waals surface area contributed by atoms with E-state index in [1.54, 1.807) is 6.07 Å². The summed E-state index contributed by atoms with van der Waals surface area (Å²) < 4.78 is 29.6. The summed E-state index contributed by atoms with van der Waals surface area (Å²) in [5.74, 6) is -1.99. The molecule has 3 aromatic heterocycles. The Hall–Kier alpha value is -2.26. The molecule has 5 rings (SSSR count). The summed E-state index contributed by atoms with van der Waals surface area (Å²) in [6, 6.07) is 7.68. The maximum Gasteiger partial charge on any atom is 1.00 e. The predicted octanol–water partition coefficient (Wildman–Crippen LogP) is 2.74. The molecule has 0 spiro atoms. The molecule has 1 N–H and O–H groups in total. The number of rotatable bonds is 5. The Morgan fingerprint density at radius 3 is 2.60 bits per heavy atom. The molecule has 10 heteroatoms. The first-order valence-electron chi connectivity index (χ1n) is 11.1. The van der Waals surface area contributed by atoms with E-state index < -0.39 is 5.92 Å². The van der Waals surface area contributed by atoms with Crippen LogP contribution in [0.3, 0.4) is 0 Å². The zero-order valence-corrected chi connectivity index (χ0v) is 22.8. The van der Waals surface area contributed by atoms with Gasteiger partial charge in [-0.05, 0) is 37.1 Å². The fourth-order valence-electron chi connectivity index (χ4n) is 4.45. The molecule has 6 nitrogen and oxygen atoms in total. The van der Waals surface area contributed by atoms with Gasteiger partial charge in [-0.25, -0.2) is 24.8 Å². The molecule has 1 fully saturated rings. The van der Waals surface area contributed by atoms with Gasteiger partial charge >= 0.3 is 29.6 Å². The normalized spacial score (nSPS) is 15.3. The third kappa shape index (κ3) is 5.16. The number of hydrogen-bond acceptors (Lipinski definition) is 5. The molecule has 0 radical (unpaired) electrons. The minimum absolute atomic E-state index is 0. The first kappa shape index (κ1) is 25.8. The number of alkyl halides is 2. The average molecular weight is 505 g/mol. The minimum Gasteiger partial charge on any atom is -0.456 e. The van der Waals surface area contributed by atoms with Crippen LogP contribution in [0.4, 0.5) is 20.4 Å². The fraction of sp³-hybridized carbons (Fsp3) is 0.320. The van der Waals surface area contributed by atoms with Crippen LogP contribution in [0.2, 0.25) is 5.15 Å². The number of aromatic nitrogens is 4. The van der Waals surface area contributed by atoms with Gasteiger partial charge in [-0.15, -0.1) is 6.07 Å². The predicted molar refractivity (Wildman–Crippen MR) is 131 cm³/mol. The second-order valence-corrected chi connectivity index (χ2v) is 9.10. The molecule has 0 aliphatic carbocycles. The molecule has 0 atom stereocenters. The van der Waals surface area contributed by atoms with Crippen molar-refractivity contribution < 1.29 is 38.3 Å². The van der Waals surface area contributed by atoms with Crippen molar-refractivity contribution in [1.82, 2.24) is 19.4 Å². The Kier molecular flexibility index (Phi) is 7.38. The smallest absolute Gasteiger partial charge is 0.456 e. The van der Waals surface area contributed by atoms with Gasteiger partial charge in [0.05, 0.1) is 11.2 Å².